The molecule has 0 saturated carbocycles. The average molecular weight is 298 g/mol. The van der Waals surface area contributed by atoms with E-state index in [9.17, 15) is 9.59 Å². The summed E-state index contributed by atoms with van der Waals surface area (Å²) in [7, 11) is 0. The van der Waals surface area contributed by atoms with Crippen molar-refractivity contribution in [3.8, 4) is 0 Å². The lowest BCUT2D eigenvalue weighted by Crippen LogP contribution is -2.37. The van der Waals surface area contributed by atoms with Crippen LogP contribution in [0.3, 0.4) is 0 Å². The SMILES string of the molecule is CCOC(=O)CO[C@H](C)CNC(=O)OC(C)(C)C.Cl. The molecule has 1 amide bonds. The first-order chi connectivity index (χ1) is 8.24. The molecule has 114 valence electrons. The minimum Gasteiger partial charge on any atom is -0.464 e. The first kappa shape index (κ1) is 20.3. The van der Waals surface area contributed by atoms with Crippen LogP contribution in [0.1, 0.15) is 34.6 Å². The third-order valence-electron chi connectivity index (χ3n) is 1.72. The highest BCUT2D eigenvalue weighted by Crippen LogP contribution is 2.06. The standard InChI is InChI=1S/C12H23NO5.ClH/c1-6-16-10(14)8-17-9(2)7-13-11(15)18-12(3,4)5;/h9H,6-8H2,1-5H3,(H,13,15);1H/t9-;/m1./s1. The highest BCUT2D eigenvalue weighted by molar-refractivity contribution is 5.85. The Morgan fingerprint density at radius 1 is 1.26 bits per heavy atom. The molecule has 1 N–H and O–H groups in total. The van der Waals surface area contributed by atoms with E-state index in [-0.39, 0.29) is 31.7 Å². The van der Waals surface area contributed by atoms with Crippen molar-refractivity contribution in [1.82, 2.24) is 5.32 Å². The summed E-state index contributed by atoms with van der Waals surface area (Å²) in [5.41, 5.74) is -0.529. The lowest BCUT2D eigenvalue weighted by Gasteiger charge is -2.20. The van der Waals surface area contributed by atoms with Gasteiger partial charge >= 0.3 is 12.1 Å². The van der Waals surface area contributed by atoms with Crippen LogP contribution in [0.5, 0.6) is 0 Å². The molecule has 0 aliphatic heterocycles. The second kappa shape index (κ2) is 9.86. The topological polar surface area (TPSA) is 73.9 Å². The van der Waals surface area contributed by atoms with E-state index in [1.165, 1.54) is 0 Å². The third-order valence-corrected chi connectivity index (χ3v) is 1.72. The van der Waals surface area contributed by atoms with Gasteiger partial charge in [-0.3, -0.25) is 0 Å². The normalized spacial score (nSPS) is 12.1. The van der Waals surface area contributed by atoms with Gasteiger partial charge in [-0.2, -0.15) is 0 Å². The molecule has 6 nitrogen and oxygen atoms in total. The summed E-state index contributed by atoms with van der Waals surface area (Å²) >= 11 is 0. The van der Waals surface area contributed by atoms with Crippen molar-refractivity contribution in [2.75, 3.05) is 19.8 Å². The van der Waals surface area contributed by atoms with Gasteiger partial charge in [0.1, 0.15) is 12.2 Å². The summed E-state index contributed by atoms with van der Waals surface area (Å²) in [5, 5.41) is 2.56. The number of hydrogen-bond donors (Lipinski definition) is 1. The van der Waals surface area contributed by atoms with E-state index in [2.05, 4.69) is 5.32 Å². The second-order valence-electron chi connectivity index (χ2n) is 4.81. The second-order valence-corrected chi connectivity index (χ2v) is 4.81. The molecular weight excluding hydrogens is 274 g/mol. The molecule has 0 heterocycles. The number of ether oxygens (including phenoxy) is 3. The Hall–Kier alpha value is -1.01. The number of carbonyl (C=O) groups is 2. The molecule has 0 aromatic rings. The Bertz CT molecular complexity index is 278. The van der Waals surface area contributed by atoms with Crippen LogP contribution in [0, 0.1) is 0 Å². The van der Waals surface area contributed by atoms with E-state index >= 15 is 0 Å². The van der Waals surface area contributed by atoms with Gasteiger partial charge in [-0.05, 0) is 34.6 Å². The molecule has 7 heteroatoms. The number of carbonyl (C=O) groups excluding carboxylic acids is 2. The number of rotatable bonds is 6. The van der Waals surface area contributed by atoms with E-state index in [0.29, 0.717) is 6.61 Å². The monoisotopic (exact) mass is 297 g/mol. The van der Waals surface area contributed by atoms with Crippen LogP contribution in [0.4, 0.5) is 4.79 Å². The van der Waals surface area contributed by atoms with Crippen LogP contribution in [-0.4, -0.2) is 43.5 Å². The zero-order valence-corrected chi connectivity index (χ0v) is 13.0. The Kier molecular flexibility index (Phi) is 10.5. The van der Waals surface area contributed by atoms with Crippen LogP contribution < -0.4 is 5.32 Å². The molecule has 0 radical (unpaired) electrons. The molecule has 0 saturated heterocycles. The molecule has 0 aliphatic carbocycles. The lowest BCUT2D eigenvalue weighted by atomic mass is 10.2. The van der Waals surface area contributed by atoms with Crippen molar-refractivity contribution in [2.24, 2.45) is 0 Å². The van der Waals surface area contributed by atoms with Gasteiger partial charge in [-0.15, -0.1) is 12.4 Å². The number of halogens is 1. The van der Waals surface area contributed by atoms with Gasteiger partial charge in [0.15, 0.2) is 0 Å². The number of nitrogens with one attached hydrogen (secondary N) is 1. The fourth-order valence-corrected chi connectivity index (χ4v) is 1.01. The maximum atomic E-state index is 11.3. The molecule has 0 aromatic carbocycles. The van der Waals surface area contributed by atoms with Crippen molar-refractivity contribution in [3.63, 3.8) is 0 Å². The number of amides is 1. The Morgan fingerprint density at radius 2 is 1.84 bits per heavy atom. The predicted molar refractivity (Wildman–Crippen MR) is 73.5 cm³/mol. The largest absolute Gasteiger partial charge is 0.464 e. The van der Waals surface area contributed by atoms with Gasteiger partial charge in [0, 0.05) is 6.54 Å². The highest BCUT2D eigenvalue weighted by Gasteiger charge is 2.16. The molecule has 19 heavy (non-hydrogen) atoms. The first-order valence-corrected chi connectivity index (χ1v) is 5.98. The molecule has 0 bridgehead atoms. The molecule has 0 aromatic heterocycles. The molecule has 0 rings (SSSR count). The zero-order chi connectivity index (χ0) is 14.2. The maximum Gasteiger partial charge on any atom is 0.407 e. The molecule has 0 aliphatic rings. The summed E-state index contributed by atoms with van der Waals surface area (Å²) in [6, 6.07) is 0. The number of hydrogen-bond acceptors (Lipinski definition) is 5. The number of alkyl carbamates (subject to hydrolysis) is 1. The van der Waals surface area contributed by atoms with Crippen molar-refractivity contribution in [1.29, 1.82) is 0 Å². The zero-order valence-electron chi connectivity index (χ0n) is 12.1. The van der Waals surface area contributed by atoms with E-state index in [4.69, 9.17) is 14.2 Å². The van der Waals surface area contributed by atoms with Crippen molar-refractivity contribution < 1.29 is 23.8 Å². The molecule has 0 spiro atoms. The smallest absolute Gasteiger partial charge is 0.407 e. The first-order valence-electron chi connectivity index (χ1n) is 5.98. The summed E-state index contributed by atoms with van der Waals surface area (Å²) in [5.74, 6) is -0.415. The van der Waals surface area contributed by atoms with Crippen LogP contribution in [0.2, 0.25) is 0 Å². The van der Waals surface area contributed by atoms with Crippen LogP contribution in [0.15, 0.2) is 0 Å². The van der Waals surface area contributed by atoms with Crippen molar-refractivity contribution in [2.45, 2.75) is 46.3 Å². The minimum absolute atomic E-state index is 0. The molecule has 0 fully saturated rings. The fraction of sp³-hybridized carbons (Fsp3) is 0.833. The molecule has 1 atom stereocenters. The summed E-state index contributed by atoms with van der Waals surface area (Å²) in [6.45, 7) is 9.31. The summed E-state index contributed by atoms with van der Waals surface area (Å²) in [4.78, 5) is 22.3. The molecular formula is C12H24ClNO5. The van der Waals surface area contributed by atoms with E-state index in [0.717, 1.165) is 0 Å². The van der Waals surface area contributed by atoms with E-state index in [1.807, 2.05) is 0 Å². The highest BCUT2D eigenvalue weighted by atomic mass is 35.5. The van der Waals surface area contributed by atoms with E-state index in [1.54, 1.807) is 34.6 Å². The quantitative estimate of drug-likeness (QED) is 0.758. The summed E-state index contributed by atoms with van der Waals surface area (Å²) in [6.07, 6.45) is -0.795. The van der Waals surface area contributed by atoms with Gasteiger partial charge in [-0.25, -0.2) is 9.59 Å². The third kappa shape index (κ3) is 13.2. The average Bonchev–Trinajstić information content (AvgIpc) is 2.21. The minimum atomic E-state index is -0.529. The molecule has 0 unspecified atom stereocenters. The number of esters is 1. The predicted octanol–water partition coefficient (Wildman–Crippen LogP) is 1.90. The fourth-order valence-electron chi connectivity index (χ4n) is 1.01. The van der Waals surface area contributed by atoms with Gasteiger partial charge in [-0.1, -0.05) is 0 Å². The van der Waals surface area contributed by atoms with Gasteiger partial charge in [0.25, 0.3) is 0 Å². The maximum absolute atomic E-state index is 11.3. The van der Waals surface area contributed by atoms with Crippen LogP contribution in [-0.2, 0) is 19.0 Å². The van der Waals surface area contributed by atoms with E-state index < -0.39 is 17.7 Å². The van der Waals surface area contributed by atoms with Crippen molar-refractivity contribution in [3.05, 3.63) is 0 Å². The van der Waals surface area contributed by atoms with Crippen LogP contribution in [0.25, 0.3) is 0 Å². The Morgan fingerprint density at radius 3 is 2.32 bits per heavy atom. The van der Waals surface area contributed by atoms with Crippen LogP contribution >= 0.6 is 12.4 Å². The Labute approximate surface area is 120 Å². The summed E-state index contributed by atoms with van der Waals surface area (Å²) < 4.78 is 15.0. The van der Waals surface area contributed by atoms with Gasteiger partial charge in [0.05, 0.1) is 12.7 Å². The Balaban J connectivity index is 0. The van der Waals surface area contributed by atoms with Crippen molar-refractivity contribution >= 4 is 24.5 Å². The van der Waals surface area contributed by atoms with Gasteiger partial charge in [0.2, 0.25) is 0 Å². The lowest BCUT2D eigenvalue weighted by molar-refractivity contribution is -0.150. The van der Waals surface area contributed by atoms with Gasteiger partial charge < -0.3 is 19.5 Å².